The number of aromatic nitrogens is 5. The molecule has 1 unspecified atom stereocenters. The van der Waals surface area contributed by atoms with Crippen molar-refractivity contribution in [2.45, 2.75) is 26.0 Å². The van der Waals surface area contributed by atoms with Crippen LogP contribution in [0.4, 0.5) is 19.4 Å². The van der Waals surface area contributed by atoms with Crippen molar-refractivity contribution in [1.29, 1.82) is 0 Å². The molecule has 2 N–H and O–H groups in total. The minimum atomic E-state index is -2.56. The van der Waals surface area contributed by atoms with E-state index in [1.165, 1.54) is 41.0 Å². The van der Waals surface area contributed by atoms with Crippen LogP contribution in [-0.4, -0.2) is 74.9 Å². The van der Waals surface area contributed by atoms with E-state index in [1.54, 1.807) is 24.0 Å². The lowest BCUT2D eigenvalue weighted by molar-refractivity contribution is -0.122. The number of rotatable bonds is 7. The van der Waals surface area contributed by atoms with Gasteiger partial charge in [0.05, 0.1) is 18.5 Å². The monoisotopic (exact) mass is 502 g/mol. The molecule has 2 amide bonds. The average Bonchev–Trinajstić information content (AvgIpc) is 3.27. The number of aryl methyl sites for hydroxylation is 1. The van der Waals surface area contributed by atoms with Crippen molar-refractivity contribution in [3.63, 3.8) is 0 Å². The molecule has 1 atom stereocenters. The molecule has 0 aliphatic carbocycles. The number of methoxy groups -OCH3 is 1. The van der Waals surface area contributed by atoms with Gasteiger partial charge in [-0.2, -0.15) is 0 Å². The normalized spacial score (nSPS) is 15.8. The van der Waals surface area contributed by atoms with Crippen molar-refractivity contribution in [1.82, 2.24) is 30.1 Å². The molecule has 36 heavy (non-hydrogen) atoms. The quantitative estimate of drug-likeness (QED) is 0.510. The largest absolute Gasteiger partial charge is 0.470 e. The summed E-state index contributed by atoms with van der Waals surface area (Å²) in [5.41, 5.74) is 7.18. The third kappa shape index (κ3) is 5.16. The van der Waals surface area contributed by atoms with Gasteiger partial charge in [0, 0.05) is 31.3 Å². The minimum absolute atomic E-state index is 0.0605. The number of carbonyl (C=O) groups excluding carboxylic acids is 2. The van der Waals surface area contributed by atoms with E-state index in [-0.39, 0.29) is 31.1 Å². The molecular formula is C22H24F2N8O4. The topological polar surface area (TPSA) is 142 Å². The number of alkyl halides is 2. The van der Waals surface area contributed by atoms with Crippen LogP contribution < -0.4 is 15.4 Å². The first kappa shape index (κ1) is 24.8. The average molecular weight is 502 g/mol. The number of halogens is 2. The van der Waals surface area contributed by atoms with Gasteiger partial charge in [-0.05, 0) is 25.1 Å². The van der Waals surface area contributed by atoms with Gasteiger partial charge >= 0.3 is 6.09 Å². The van der Waals surface area contributed by atoms with Gasteiger partial charge in [0.2, 0.25) is 11.8 Å². The van der Waals surface area contributed by atoms with E-state index in [1.807, 2.05) is 0 Å². The first-order valence-electron chi connectivity index (χ1n) is 10.9. The number of piperazine rings is 1. The van der Waals surface area contributed by atoms with Crippen LogP contribution in [0.15, 0.2) is 36.4 Å². The summed E-state index contributed by atoms with van der Waals surface area (Å²) in [6.07, 6.45) is -3.18. The van der Waals surface area contributed by atoms with Crippen molar-refractivity contribution in [3.8, 4) is 11.6 Å². The van der Waals surface area contributed by atoms with Gasteiger partial charge in [-0.1, -0.05) is 17.3 Å². The van der Waals surface area contributed by atoms with E-state index < -0.39 is 24.5 Å². The predicted octanol–water partition coefficient (Wildman–Crippen LogP) is 1.62. The van der Waals surface area contributed by atoms with Crippen molar-refractivity contribution < 1.29 is 27.8 Å². The number of anilines is 1. The summed E-state index contributed by atoms with van der Waals surface area (Å²) in [5.74, 6) is 0.0705. The maximum absolute atomic E-state index is 12.8. The minimum Gasteiger partial charge on any atom is -0.470 e. The number of hydrogen-bond donors (Lipinski definition) is 1. The Morgan fingerprint density at radius 3 is 2.47 bits per heavy atom. The summed E-state index contributed by atoms with van der Waals surface area (Å²) in [7, 11) is 1.24. The van der Waals surface area contributed by atoms with Crippen LogP contribution in [0.25, 0.3) is 5.69 Å². The Bertz CT molecular complexity index is 1220. The summed E-state index contributed by atoms with van der Waals surface area (Å²) in [5, 5.41) is 16.4. The zero-order chi connectivity index (χ0) is 25.8. The Morgan fingerprint density at radius 1 is 1.11 bits per heavy atom. The number of carbonyl (C=O) groups is 2. The second-order valence-electron chi connectivity index (χ2n) is 7.97. The highest BCUT2D eigenvalue weighted by Crippen LogP contribution is 2.22. The zero-order valence-corrected chi connectivity index (χ0v) is 19.5. The lowest BCUT2D eigenvalue weighted by Gasteiger charge is -2.39. The predicted molar refractivity (Wildman–Crippen MR) is 122 cm³/mol. The van der Waals surface area contributed by atoms with Crippen LogP contribution in [0.3, 0.4) is 0 Å². The van der Waals surface area contributed by atoms with Gasteiger partial charge in [-0.3, -0.25) is 9.69 Å². The van der Waals surface area contributed by atoms with Gasteiger partial charge < -0.3 is 20.1 Å². The maximum Gasteiger partial charge on any atom is 0.410 e. The summed E-state index contributed by atoms with van der Waals surface area (Å²) in [4.78, 5) is 26.8. The summed E-state index contributed by atoms with van der Waals surface area (Å²) in [6, 6.07) is 8.17. The number of nitrogens with zero attached hydrogens (tertiary/aromatic N) is 7. The zero-order valence-electron chi connectivity index (χ0n) is 19.5. The summed E-state index contributed by atoms with van der Waals surface area (Å²) >= 11 is 0. The molecule has 0 radical (unpaired) electrons. The van der Waals surface area contributed by atoms with Gasteiger partial charge in [-0.15, -0.1) is 15.3 Å². The lowest BCUT2D eigenvalue weighted by atomic mass is 10.1. The molecule has 0 bridgehead atoms. The standard InChI is InChI=1S/C22H24F2N8O4/c1-13-17(32(29-26-13)15-5-3-14(4-6-15)20(23)24)12-36-19-8-7-18(27-28-19)30-9-10-31(22(34)35-2)16(11-30)21(25)33/h3-8,16,20H,9-12H2,1-2H3,(H2,25,33). The third-order valence-electron chi connectivity index (χ3n) is 5.77. The van der Waals surface area contributed by atoms with Crippen molar-refractivity contribution in [3.05, 3.63) is 53.3 Å². The molecule has 3 heterocycles. The van der Waals surface area contributed by atoms with Crippen LogP contribution in [0.2, 0.25) is 0 Å². The molecule has 1 aliphatic rings. The number of amides is 2. The molecule has 0 saturated carbocycles. The Kier molecular flexibility index (Phi) is 7.22. The van der Waals surface area contributed by atoms with Gasteiger partial charge in [0.1, 0.15) is 18.3 Å². The molecule has 3 aromatic rings. The Hall–Kier alpha value is -4.36. The highest BCUT2D eigenvalue weighted by atomic mass is 19.3. The maximum atomic E-state index is 12.8. The summed E-state index contributed by atoms with van der Waals surface area (Å²) < 4.78 is 37.7. The highest BCUT2D eigenvalue weighted by molar-refractivity contribution is 5.85. The fraction of sp³-hybridized carbons (Fsp3) is 0.364. The molecule has 1 fully saturated rings. The third-order valence-corrected chi connectivity index (χ3v) is 5.77. The number of primary amides is 1. The SMILES string of the molecule is COC(=O)N1CCN(c2ccc(OCc3c(C)nnn3-c3ccc(C(F)F)cc3)nn2)CC1C(N)=O. The highest BCUT2D eigenvalue weighted by Gasteiger charge is 2.35. The Balaban J connectivity index is 1.42. The van der Waals surface area contributed by atoms with E-state index >= 15 is 0 Å². The molecule has 4 rings (SSSR count). The van der Waals surface area contributed by atoms with Crippen LogP contribution >= 0.6 is 0 Å². The molecule has 12 nitrogen and oxygen atoms in total. The number of benzene rings is 1. The number of ether oxygens (including phenoxy) is 2. The second kappa shape index (κ2) is 10.5. The first-order chi connectivity index (χ1) is 17.3. The first-order valence-corrected chi connectivity index (χ1v) is 10.9. The fourth-order valence-electron chi connectivity index (χ4n) is 3.78. The van der Waals surface area contributed by atoms with E-state index in [2.05, 4.69) is 20.5 Å². The van der Waals surface area contributed by atoms with Crippen LogP contribution in [0, 0.1) is 6.92 Å². The smallest absolute Gasteiger partial charge is 0.410 e. The lowest BCUT2D eigenvalue weighted by Crippen LogP contribution is -2.60. The molecule has 1 aliphatic heterocycles. The molecule has 1 saturated heterocycles. The van der Waals surface area contributed by atoms with E-state index in [9.17, 15) is 18.4 Å². The molecule has 190 valence electrons. The number of hydrogen-bond acceptors (Lipinski definition) is 9. The fourth-order valence-corrected chi connectivity index (χ4v) is 3.78. The van der Waals surface area contributed by atoms with Crippen molar-refractivity contribution in [2.75, 3.05) is 31.6 Å². The molecule has 2 aromatic heterocycles. The van der Waals surface area contributed by atoms with E-state index in [4.69, 9.17) is 15.2 Å². The molecule has 14 heteroatoms. The summed E-state index contributed by atoms with van der Waals surface area (Å²) in [6.45, 7) is 2.60. The van der Waals surface area contributed by atoms with Gasteiger partial charge in [0.15, 0.2) is 5.82 Å². The van der Waals surface area contributed by atoms with Crippen LogP contribution in [-0.2, 0) is 16.1 Å². The number of nitrogens with two attached hydrogens (primary N) is 1. The van der Waals surface area contributed by atoms with Gasteiger partial charge in [-0.25, -0.2) is 18.3 Å². The van der Waals surface area contributed by atoms with Gasteiger partial charge in [0.25, 0.3) is 6.43 Å². The van der Waals surface area contributed by atoms with E-state index in [0.717, 1.165) is 0 Å². The molecule has 0 spiro atoms. The van der Waals surface area contributed by atoms with Crippen molar-refractivity contribution in [2.24, 2.45) is 5.73 Å². The Morgan fingerprint density at radius 2 is 1.86 bits per heavy atom. The second-order valence-corrected chi connectivity index (χ2v) is 7.97. The Labute approximate surface area is 204 Å². The molecule has 1 aromatic carbocycles. The van der Waals surface area contributed by atoms with Crippen LogP contribution in [0.1, 0.15) is 23.4 Å². The van der Waals surface area contributed by atoms with Crippen LogP contribution in [0.5, 0.6) is 5.88 Å². The molecular weight excluding hydrogens is 478 g/mol. The van der Waals surface area contributed by atoms with E-state index in [0.29, 0.717) is 29.4 Å². The van der Waals surface area contributed by atoms with Crippen molar-refractivity contribution >= 4 is 17.8 Å².